The number of nitrogens with zero attached hydrogens (tertiary/aromatic N) is 1. The largest absolute Gasteiger partial charge is 0.324 e. The van der Waals surface area contributed by atoms with Gasteiger partial charge in [-0.25, -0.2) is 0 Å². The topological polar surface area (TPSA) is 52.9 Å². The Labute approximate surface area is 126 Å². The molecular weight excluding hydrogens is 316 g/mol. The van der Waals surface area contributed by atoms with E-state index in [0.29, 0.717) is 11.3 Å². The zero-order valence-electron chi connectivity index (χ0n) is 10.9. The monoisotopic (exact) mass is 328 g/mol. The number of hydrogen-bond acceptors (Lipinski definition) is 2. The average Bonchev–Trinajstić information content (AvgIpc) is 2.46. The highest BCUT2D eigenvalue weighted by Crippen LogP contribution is 2.25. The third-order valence-electron chi connectivity index (χ3n) is 3.05. The van der Waals surface area contributed by atoms with Crippen LogP contribution in [0, 0.1) is 18.3 Å². The summed E-state index contributed by atoms with van der Waals surface area (Å²) >= 11 is 3.42. The van der Waals surface area contributed by atoms with Crippen LogP contribution in [0.4, 0.5) is 5.69 Å². The van der Waals surface area contributed by atoms with Crippen molar-refractivity contribution in [3.8, 4) is 6.07 Å². The zero-order chi connectivity index (χ0) is 14.5. The number of halogens is 1. The van der Waals surface area contributed by atoms with Crippen molar-refractivity contribution in [3.05, 3.63) is 64.1 Å². The first-order valence-corrected chi connectivity index (χ1v) is 6.93. The van der Waals surface area contributed by atoms with E-state index in [-0.39, 0.29) is 5.91 Å². The fourth-order valence-electron chi connectivity index (χ4n) is 1.88. The molecule has 0 spiro atoms. The van der Waals surface area contributed by atoms with Gasteiger partial charge in [0.15, 0.2) is 5.92 Å². The number of carbonyl (C=O) groups excluding carboxylic acids is 1. The molecule has 0 radical (unpaired) electrons. The van der Waals surface area contributed by atoms with Gasteiger partial charge < -0.3 is 5.32 Å². The molecule has 2 aromatic carbocycles. The molecule has 4 heteroatoms. The number of benzene rings is 2. The number of amides is 1. The van der Waals surface area contributed by atoms with E-state index in [1.165, 1.54) is 0 Å². The molecule has 1 atom stereocenters. The van der Waals surface area contributed by atoms with Crippen molar-refractivity contribution >= 4 is 27.5 Å². The highest BCUT2D eigenvalue weighted by Gasteiger charge is 2.20. The lowest BCUT2D eigenvalue weighted by Crippen LogP contribution is -2.20. The lowest BCUT2D eigenvalue weighted by molar-refractivity contribution is -0.116. The van der Waals surface area contributed by atoms with Gasteiger partial charge in [-0.05, 0) is 30.2 Å². The maximum absolute atomic E-state index is 12.3. The molecule has 1 N–H and O–H groups in total. The summed E-state index contributed by atoms with van der Waals surface area (Å²) in [6, 6.07) is 16.7. The summed E-state index contributed by atoms with van der Waals surface area (Å²) < 4.78 is 0.920. The number of carbonyl (C=O) groups is 1. The lowest BCUT2D eigenvalue weighted by Gasteiger charge is -2.13. The third kappa shape index (κ3) is 3.06. The first-order valence-electron chi connectivity index (χ1n) is 6.14. The van der Waals surface area contributed by atoms with Gasteiger partial charge in [0.25, 0.3) is 0 Å². The van der Waals surface area contributed by atoms with E-state index in [1.54, 1.807) is 12.1 Å². The van der Waals surface area contributed by atoms with Gasteiger partial charge in [-0.15, -0.1) is 0 Å². The predicted octanol–water partition coefficient (Wildman–Crippen LogP) is 4.00. The molecule has 0 aliphatic heterocycles. The van der Waals surface area contributed by atoms with Gasteiger partial charge in [0, 0.05) is 10.2 Å². The summed E-state index contributed by atoms with van der Waals surface area (Å²) in [4.78, 5) is 12.3. The lowest BCUT2D eigenvalue weighted by atomic mass is 9.99. The minimum atomic E-state index is -0.811. The molecule has 0 heterocycles. The van der Waals surface area contributed by atoms with E-state index < -0.39 is 5.92 Å². The average molecular weight is 329 g/mol. The number of nitrogens with one attached hydrogen (secondary N) is 1. The van der Waals surface area contributed by atoms with Crippen LogP contribution in [0.3, 0.4) is 0 Å². The van der Waals surface area contributed by atoms with Crippen LogP contribution in [-0.4, -0.2) is 5.91 Å². The van der Waals surface area contributed by atoms with Gasteiger partial charge in [-0.1, -0.05) is 52.3 Å². The van der Waals surface area contributed by atoms with Gasteiger partial charge in [0.05, 0.1) is 6.07 Å². The summed E-state index contributed by atoms with van der Waals surface area (Å²) in [5.41, 5.74) is 2.34. The summed E-state index contributed by atoms with van der Waals surface area (Å²) in [5.74, 6) is -1.13. The molecule has 0 aliphatic carbocycles. The van der Waals surface area contributed by atoms with Crippen molar-refractivity contribution in [2.24, 2.45) is 0 Å². The van der Waals surface area contributed by atoms with E-state index in [1.807, 2.05) is 49.4 Å². The summed E-state index contributed by atoms with van der Waals surface area (Å²) in [6.07, 6.45) is 0. The van der Waals surface area contributed by atoms with E-state index in [9.17, 15) is 10.1 Å². The molecule has 0 aliphatic rings. The fraction of sp³-hybridized carbons (Fsp3) is 0.125. The van der Waals surface area contributed by atoms with E-state index in [2.05, 4.69) is 21.2 Å². The number of hydrogen-bond donors (Lipinski definition) is 1. The predicted molar refractivity (Wildman–Crippen MR) is 82.3 cm³/mol. The highest BCUT2D eigenvalue weighted by atomic mass is 79.9. The Bertz CT molecular complexity index is 662. The van der Waals surface area contributed by atoms with Crippen molar-refractivity contribution in [2.75, 3.05) is 5.32 Å². The van der Waals surface area contributed by atoms with Gasteiger partial charge in [-0.2, -0.15) is 5.26 Å². The van der Waals surface area contributed by atoms with Crippen molar-refractivity contribution in [2.45, 2.75) is 12.8 Å². The van der Waals surface area contributed by atoms with Gasteiger partial charge in [0.1, 0.15) is 0 Å². The molecule has 3 nitrogen and oxygen atoms in total. The molecule has 2 aromatic rings. The Kier molecular flexibility index (Phi) is 4.54. The molecule has 1 unspecified atom stereocenters. The van der Waals surface area contributed by atoms with Crippen LogP contribution in [0.5, 0.6) is 0 Å². The summed E-state index contributed by atoms with van der Waals surface area (Å²) in [5, 5.41) is 12.0. The molecule has 0 bridgehead atoms. The first kappa shape index (κ1) is 14.3. The van der Waals surface area contributed by atoms with Crippen LogP contribution in [0.2, 0.25) is 0 Å². The second-order valence-electron chi connectivity index (χ2n) is 4.37. The van der Waals surface area contributed by atoms with Gasteiger partial charge in [0.2, 0.25) is 5.91 Å². The molecule has 2 rings (SSSR count). The van der Waals surface area contributed by atoms with Gasteiger partial charge >= 0.3 is 0 Å². The third-order valence-corrected chi connectivity index (χ3v) is 3.91. The Morgan fingerprint density at radius 2 is 1.90 bits per heavy atom. The first-order chi connectivity index (χ1) is 9.63. The second kappa shape index (κ2) is 6.36. The van der Waals surface area contributed by atoms with E-state index in [4.69, 9.17) is 0 Å². The van der Waals surface area contributed by atoms with Crippen LogP contribution in [0.1, 0.15) is 17.0 Å². The van der Waals surface area contributed by atoms with E-state index in [0.717, 1.165) is 10.0 Å². The second-order valence-corrected chi connectivity index (χ2v) is 5.23. The molecular formula is C16H13BrN2O. The molecule has 20 heavy (non-hydrogen) atoms. The minimum Gasteiger partial charge on any atom is -0.324 e. The van der Waals surface area contributed by atoms with Gasteiger partial charge in [-0.3, -0.25) is 4.79 Å². The normalized spacial score (nSPS) is 11.4. The standard InChI is InChI=1S/C16H13BrN2O/c1-11-14(17)8-5-9-15(11)19-16(20)13(10-18)12-6-3-2-4-7-12/h2-9,13H,1H3,(H,19,20). The highest BCUT2D eigenvalue weighted by molar-refractivity contribution is 9.10. The molecule has 100 valence electrons. The molecule has 0 aromatic heterocycles. The van der Waals surface area contributed by atoms with Crippen LogP contribution >= 0.6 is 15.9 Å². The number of nitriles is 1. The van der Waals surface area contributed by atoms with E-state index >= 15 is 0 Å². The minimum absolute atomic E-state index is 0.320. The SMILES string of the molecule is Cc1c(Br)cccc1NC(=O)C(C#N)c1ccccc1. The van der Waals surface area contributed by atoms with Crippen LogP contribution in [0.25, 0.3) is 0 Å². The van der Waals surface area contributed by atoms with Crippen molar-refractivity contribution in [1.29, 1.82) is 5.26 Å². The molecule has 1 amide bonds. The van der Waals surface area contributed by atoms with Crippen molar-refractivity contribution < 1.29 is 4.79 Å². The fourth-order valence-corrected chi connectivity index (χ4v) is 2.24. The molecule has 0 fully saturated rings. The Morgan fingerprint density at radius 1 is 1.20 bits per heavy atom. The summed E-state index contributed by atoms with van der Waals surface area (Å²) in [6.45, 7) is 1.91. The number of anilines is 1. The quantitative estimate of drug-likeness (QED) is 0.925. The molecule has 0 saturated carbocycles. The van der Waals surface area contributed by atoms with Crippen molar-refractivity contribution in [1.82, 2.24) is 0 Å². The maximum atomic E-state index is 12.3. The Morgan fingerprint density at radius 3 is 2.55 bits per heavy atom. The Balaban J connectivity index is 2.23. The van der Waals surface area contributed by atoms with Crippen LogP contribution in [-0.2, 0) is 4.79 Å². The Hall–Kier alpha value is -2.12. The van der Waals surface area contributed by atoms with Crippen LogP contribution < -0.4 is 5.32 Å². The smallest absolute Gasteiger partial charge is 0.246 e. The summed E-state index contributed by atoms with van der Waals surface area (Å²) in [7, 11) is 0. The maximum Gasteiger partial charge on any atom is 0.246 e. The van der Waals surface area contributed by atoms with Crippen LogP contribution in [0.15, 0.2) is 53.0 Å². The zero-order valence-corrected chi connectivity index (χ0v) is 12.5. The van der Waals surface area contributed by atoms with Crippen molar-refractivity contribution in [3.63, 3.8) is 0 Å². The number of rotatable bonds is 3. The molecule has 0 saturated heterocycles.